The van der Waals surface area contributed by atoms with Crippen molar-refractivity contribution in [2.45, 2.75) is 75.9 Å². The fourth-order valence-corrected chi connectivity index (χ4v) is 8.74. The van der Waals surface area contributed by atoms with Crippen molar-refractivity contribution in [3.05, 3.63) is 95.1 Å². The molecule has 0 spiro atoms. The molecule has 0 radical (unpaired) electrons. The minimum Gasteiger partial charge on any atom is -0.204 e. The van der Waals surface area contributed by atoms with Crippen LogP contribution < -0.4 is 0 Å². The molecule has 4 rings (SSSR count). The van der Waals surface area contributed by atoms with E-state index < -0.39 is 20.4 Å². The van der Waals surface area contributed by atoms with Gasteiger partial charge in [0.15, 0.2) is 11.6 Å². The van der Waals surface area contributed by atoms with Crippen LogP contribution in [0.25, 0.3) is 11.1 Å². The molecule has 1 heterocycles. The van der Waals surface area contributed by atoms with E-state index in [-0.39, 0.29) is 0 Å². The predicted octanol–water partition coefficient (Wildman–Crippen LogP) is 8.71. The first-order valence-electron chi connectivity index (χ1n) is 12.8. The van der Waals surface area contributed by atoms with Gasteiger partial charge >= 0.3 is 0 Å². The number of hydrogen-bond donors (Lipinski definition) is 0. The maximum Gasteiger partial charge on any atom is 0.159 e. The SMILES string of the molecule is CCCCC[Si@H]1CC[C@H](c2ccc(-c3ccc(CCc4ccc(F)c(F)c4)cc3)cc2)CC1. The van der Waals surface area contributed by atoms with Crippen LogP contribution in [0.3, 0.4) is 0 Å². The molecule has 3 heteroatoms. The van der Waals surface area contributed by atoms with E-state index in [1.165, 1.54) is 78.6 Å². The van der Waals surface area contributed by atoms with Crippen LogP contribution in [0.1, 0.15) is 61.6 Å². The Morgan fingerprint density at radius 2 is 1.33 bits per heavy atom. The van der Waals surface area contributed by atoms with Crippen molar-refractivity contribution in [1.29, 1.82) is 0 Å². The molecule has 0 unspecified atom stereocenters. The topological polar surface area (TPSA) is 0 Å². The fraction of sp³-hybridized carbons (Fsp3) is 0.400. The Morgan fingerprint density at radius 1 is 0.727 bits per heavy atom. The number of rotatable bonds is 9. The zero-order valence-corrected chi connectivity index (χ0v) is 21.0. The van der Waals surface area contributed by atoms with Crippen molar-refractivity contribution < 1.29 is 8.78 Å². The number of halogens is 2. The molecular weight excluding hydrogens is 426 g/mol. The van der Waals surface area contributed by atoms with Gasteiger partial charge < -0.3 is 0 Å². The molecule has 174 valence electrons. The van der Waals surface area contributed by atoms with Gasteiger partial charge in [-0.05, 0) is 71.6 Å². The predicted molar refractivity (Wildman–Crippen MR) is 139 cm³/mol. The molecular formula is C30H36F2Si. The Kier molecular flexibility index (Phi) is 8.50. The van der Waals surface area contributed by atoms with Gasteiger partial charge in [-0.15, -0.1) is 0 Å². The first kappa shape index (κ1) is 23.9. The molecule has 33 heavy (non-hydrogen) atoms. The first-order valence-corrected chi connectivity index (χ1v) is 15.2. The standard InChI is InChI=1S/C30H36F2Si/c1-2-3-4-19-33-20-17-28(18-21-33)27-14-12-26(13-15-27)25-10-7-23(8-11-25)5-6-24-9-16-29(31)30(32)22-24/h7-16,22,28,33H,2-6,17-21H2,1H3/t28-,33-. The summed E-state index contributed by atoms with van der Waals surface area (Å²) in [6, 6.07) is 26.7. The van der Waals surface area contributed by atoms with Gasteiger partial charge in [0.25, 0.3) is 0 Å². The minimum atomic E-state index is -0.786. The van der Waals surface area contributed by atoms with E-state index in [2.05, 4.69) is 55.5 Å². The molecule has 0 bridgehead atoms. The average Bonchev–Trinajstić information content (AvgIpc) is 2.86. The molecule has 0 saturated carbocycles. The highest BCUT2D eigenvalue weighted by Gasteiger charge is 2.22. The fourth-order valence-electron chi connectivity index (χ4n) is 5.26. The molecule has 1 fully saturated rings. The van der Waals surface area contributed by atoms with Crippen molar-refractivity contribution in [3.8, 4) is 11.1 Å². The molecule has 0 aliphatic carbocycles. The lowest BCUT2D eigenvalue weighted by atomic mass is 9.91. The second-order valence-electron chi connectivity index (χ2n) is 9.78. The summed E-state index contributed by atoms with van der Waals surface area (Å²) in [5.41, 5.74) is 6.03. The molecule has 1 saturated heterocycles. The highest BCUT2D eigenvalue weighted by molar-refractivity contribution is 6.59. The van der Waals surface area contributed by atoms with Gasteiger partial charge in [-0.1, -0.05) is 98.9 Å². The molecule has 0 nitrogen and oxygen atoms in total. The van der Waals surface area contributed by atoms with Gasteiger partial charge in [-0.25, -0.2) is 8.78 Å². The van der Waals surface area contributed by atoms with Gasteiger partial charge in [0, 0.05) is 8.80 Å². The van der Waals surface area contributed by atoms with E-state index in [1.807, 2.05) is 0 Å². The van der Waals surface area contributed by atoms with Gasteiger partial charge in [0.1, 0.15) is 0 Å². The maximum absolute atomic E-state index is 13.4. The molecule has 0 aromatic heterocycles. The zero-order valence-electron chi connectivity index (χ0n) is 19.8. The zero-order chi connectivity index (χ0) is 23.0. The van der Waals surface area contributed by atoms with Crippen LogP contribution in [0.2, 0.25) is 18.1 Å². The Hall–Kier alpha value is -2.26. The lowest BCUT2D eigenvalue weighted by Gasteiger charge is -2.28. The lowest BCUT2D eigenvalue weighted by molar-refractivity contribution is 0.507. The molecule has 0 atom stereocenters. The number of aryl methyl sites for hydroxylation is 2. The summed E-state index contributed by atoms with van der Waals surface area (Å²) in [6.07, 6.45) is 8.55. The van der Waals surface area contributed by atoms with E-state index in [1.54, 1.807) is 12.1 Å². The van der Waals surface area contributed by atoms with E-state index in [0.717, 1.165) is 17.9 Å². The molecule has 1 aliphatic rings. The van der Waals surface area contributed by atoms with Crippen molar-refractivity contribution in [2.24, 2.45) is 0 Å². The van der Waals surface area contributed by atoms with E-state index >= 15 is 0 Å². The Labute approximate surface area is 199 Å². The number of benzene rings is 3. The maximum atomic E-state index is 13.4. The number of hydrogen-bond acceptors (Lipinski definition) is 0. The summed E-state index contributed by atoms with van der Waals surface area (Å²) >= 11 is 0. The summed E-state index contributed by atoms with van der Waals surface area (Å²) in [5, 5.41) is 0. The third-order valence-corrected chi connectivity index (χ3v) is 10.9. The van der Waals surface area contributed by atoms with Crippen LogP contribution >= 0.6 is 0 Å². The Morgan fingerprint density at radius 3 is 1.97 bits per heavy atom. The Bertz CT molecular complexity index is 1000. The molecule has 3 aromatic rings. The minimum absolute atomic E-state index is 0.450. The monoisotopic (exact) mass is 462 g/mol. The van der Waals surface area contributed by atoms with Gasteiger partial charge in [-0.3, -0.25) is 0 Å². The molecule has 1 aliphatic heterocycles. The second kappa shape index (κ2) is 11.7. The van der Waals surface area contributed by atoms with Crippen LogP contribution in [0, 0.1) is 11.6 Å². The van der Waals surface area contributed by atoms with Crippen molar-refractivity contribution >= 4 is 8.80 Å². The quantitative estimate of drug-likeness (QED) is 0.220. The molecule has 0 N–H and O–H groups in total. The second-order valence-corrected chi connectivity index (χ2v) is 13.2. The van der Waals surface area contributed by atoms with Crippen LogP contribution in [0.5, 0.6) is 0 Å². The average molecular weight is 463 g/mol. The third-order valence-electron chi connectivity index (χ3n) is 7.42. The Balaban J connectivity index is 1.29. The van der Waals surface area contributed by atoms with Crippen molar-refractivity contribution in [1.82, 2.24) is 0 Å². The van der Waals surface area contributed by atoms with E-state index in [9.17, 15) is 8.78 Å². The van der Waals surface area contributed by atoms with Crippen molar-refractivity contribution in [3.63, 3.8) is 0 Å². The third kappa shape index (κ3) is 6.63. The summed E-state index contributed by atoms with van der Waals surface area (Å²) in [4.78, 5) is 0. The lowest BCUT2D eigenvalue weighted by Crippen LogP contribution is -2.20. The van der Waals surface area contributed by atoms with Crippen LogP contribution in [-0.2, 0) is 12.8 Å². The summed E-state index contributed by atoms with van der Waals surface area (Å²) in [5.74, 6) is -0.799. The van der Waals surface area contributed by atoms with Crippen LogP contribution in [0.4, 0.5) is 8.78 Å². The number of unbranched alkanes of at least 4 members (excludes halogenated alkanes) is 2. The van der Waals surface area contributed by atoms with Gasteiger partial charge in [-0.2, -0.15) is 0 Å². The van der Waals surface area contributed by atoms with E-state index in [0.29, 0.717) is 6.42 Å². The summed E-state index contributed by atoms with van der Waals surface area (Å²) in [6.45, 7) is 2.30. The highest BCUT2D eigenvalue weighted by atomic mass is 28.3. The molecule has 0 amide bonds. The summed E-state index contributed by atoms with van der Waals surface area (Å²) < 4.78 is 26.5. The van der Waals surface area contributed by atoms with Gasteiger partial charge in [0.05, 0.1) is 0 Å². The van der Waals surface area contributed by atoms with Crippen LogP contribution in [0.15, 0.2) is 66.7 Å². The van der Waals surface area contributed by atoms with Crippen molar-refractivity contribution in [2.75, 3.05) is 0 Å². The van der Waals surface area contributed by atoms with E-state index in [4.69, 9.17) is 0 Å². The smallest absolute Gasteiger partial charge is 0.159 e. The normalized spacial score (nSPS) is 18.4. The first-order chi connectivity index (χ1) is 16.1. The van der Waals surface area contributed by atoms with Crippen LogP contribution in [-0.4, -0.2) is 8.80 Å². The largest absolute Gasteiger partial charge is 0.204 e. The molecule has 3 aromatic carbocycles. The highest BCUT2D eigenvalue weighted by Crippen LogP contribution is 2.36. The summed E-state index contributed by atoms with van der Waals surface area (Å²) in [7, 11) is -0.450. The van der Waals surface area contributed by atoms with Gasteiger partial charge in [0.2, 0.25) is 0 Å².